The molecule has 0 aliphatic rings. The molecule has 0 aliphatic heterocycles. The average Bonchev–Trinajstić information content (AvgIpc) is 2.89. The molecule has 2 bridgehead atoms. The second-order valence-electron chi connectivity index (χ2n) is 5.31. The fourth-order valence-corrected chi connectivity index (χ4v) is 1.59. The van der Waals surface area contributed by atoms with Gasteiger partial charge in [0, 0.05) is 12.0 Å². The number of nitrogens with two attached hydrogens (primary N) is 1. The number of amides is 1. The van der Waals surface area contributed by atoms with Gasteiger partial charge in [-0.15, -0.1) is 0 Å². The van der Waals surface area contributed by atoms with E-state index in [0.717, 1.165) is 11.2 Å². The van der Waals surface area contributed by atoms with Crippen molar-refractivity contribution in [1.82, 2.24) is 0 Å². The molecule has 2 aromatic heterocycles. The van der Waals surface area contributed by atoms with Crippen LogP contribution in [0.25, 0.3) is 11.2 Å². The van der Waals surface area contributed by atoms with Gasteiger partial charge in [0.15, 0.2) is 0 Å². The van der Waals surface area contributed by atoms with Crippen LogP contribution in [0.3, 0.4) is 0 Å². The van der Waals surface area contributed by atoms with Crippen LogP contribution in [-0.2, 0) is 10.2 Å². The third-order valence-corrected chi connectivity index (χ3v) is 2.59. The number of hydrogen-bond donors (Lipinski definition) is 2. The van der Waals surface area contributed by atoms with Crippen molar-refractivity contribution in [3.8, 4) is 0 Å². The van der Waals surface area contributed by atoms with Gasteiger partial charge < -0.3 is 20.0 Å². The number of rotatable bonds is 2. The Labute approximate surface area is 112 Å². The molecule has 3 N–H and O–H groups in total. The molecule has 0 radical (unpaired) electrons. The molecule has 0 aliphatic carbocycles. The van der Waals surface area contributed by atoms with Crippen molar-refractivity contribution in [2.75, 3.05) is 0 Å². The highest BCUT2D eigenvalue weighted by molar-refractivity contribution is 5.67. The molecule has 5 heteroatoms. The van der Waals surface area contributed by atoms with Crippen molar-refractivity contribution in [1.29, 1.82) is 0 Å². The smallest absolute Gasteiger partial charge is 0.406 e. The van der Waals surface area contributed by atoms with Crippen molar-refractivity contribution in [2.24, 2.45) is 5.73 Å². The molecule has 0 spiro atoms. The number of furan rings is 2. The zero-order valence-electron chi connectivity index (χ0n) is 11.8. The fourth-order valence-electron chi connectivity index (χ4n) is 1.59. The molecule has 0 fully saturated rings. The number of ether oxygens (including phenoxy) is 1. The normalized spacial score (nSPS) is 12.9. The summed E-state index contributed by atoms with van der Waals surface area (Å²) < 4.78 is 9.53. The monoisotopic (exact) mass is 267 g/mol. The molecule has 5 nitrogen and oxygen atoms in total. The summed E-state index contributed by atoms with van der Waals surface area (Å²) in [6, 6.07) is 6.16. The van der Waals surface area contributed by atoms with Crippen LogP contribution in [0.15, 0.2) is 22.6 Å². The van der Waals surface area contributed by atoms with E-state index in [1.807, 2.05) is 12.1 Å². The average molecular weight is 267 g/mol. The second kappa shape index (κ2) is 5.93. The van der Waals surface area contributed by atoms with Crippen molar-refractivity contribution in [3.05, 3.63) is 23.8 Å². The highest BCUT2D eigenvalue weighted by Crippen LogP contribution is 2.32. The van der Waals surface area contributed by atoms with Crippen LogP contribution in [0.2, 0.25) is 0 Å². The quantitative estimate of drug-likeness (QED) is 0.819. The first-order valence-electron chi connectivity index (χ1n) is 6.20. The summed E-state index contributed by atoms with van der Waals surface area (Å²) in [6.07, 6.45) is -1.63. The van der Waals surface area contributed by atoms with Gasteiger partial charge in [-0.3, -0.25) is 0 Å². The van der Waals surface area contributed by atoms with Gasteiger partial charge >= 0.3 is 6.09 Å². The summed E-state index contributed by atoms with van der Waals surface area (Å²) in [5.41, 5.74) is 8.10. The predicted octanol–water partition coefficient (Wildman–Crippen LogP) is 2.98. The molecule has 1 atom stereocenters. The minimum atomic E-state index is -1.05. The van der Waals surface area contributed by atoms with Gasteiger partial charge in [0.25, 0.3) is 0 Å². The predicted molar refractivity (Wildman–Crippen MR) is 73.1 cm³/mol. The number of hydrogen-bond acceptors (Lipinski definition) is 4. The van der Waals surface area contributed by atoms with E-state index in [1.165, 1.54) is 5.56 Å². The molecule has 0 aromatic carbocycles. The number of carbonyl (C=O) groups is 1. The molecule has 2 rings (SSSR count). The Balaban J connectivity index is 0.000000203. The van der Waals surface area contributed by atoms with Crippen molar-refractivity contribution >= 4 is 17.3 Å². The molecule has 2 aromatic rings. The Morgan fingerprint density at radius 1 is 1.47 bits per heavy atom. The number of aliphatic hydroxyl groups is 1. The summed E-state index contributed by atoms with van der Waals surface area (Å²) in [5.74, 6) is 0. The van der Waals surface area contributed by atoms with Gasteiger partial charge in [-0.1, -0.05) is 27.7 Å². The van der Waals surface area contributed by atoms with E-state index in [-0.39, 0.29) is 5.41 Å². The maximum absolute atomic E-state index is 9.81. The zero-order chi connectivity index (χ0) is 14.6. The molecule has 1 unspecified atom stereocenters. The Morgan fingerprint density at radius 3 is 2.32 bits per heavy atom. The number of fused-ring (bicyclic) bond motifs is 2. The summed E-state index contributed by atoms with van der Waals surface area (Å²) >= 11 is 0. The summed E-state index contributed by atoms with van der Waals surface area (Å²) in [4.78, 5) is 9.81. The summed E-state index contributed by atoms with van der Waals surface area (Å²) in [7, 11) is 0. The Kier molecular flexibility index (Phi) is 4.78. The van der Waals surface area contributed by atoms with Gasteiger partial charge in [0.1, 0.15) is 11.2 Å². The van der Waals surface area contributed by atoms with Crippen molar-refractivity contribution < 1.29 is 19.1 Å². The van der Waals surface area contributed by atoms with Crippen LogP contribution in [-0.4, -0.2) is 17.5 Å². The van der Waals surface area contributed by atoms with E-state index < -0.39 is 12.4 Å². The van der Waals surface area contributed by atoms with E-state index >= 15 is 0 Å². The van der Waals surface area contributed by atoms with Crippen molar-refractivity contribution in [2.45, 2.75) is 45.8 Å². The lowest BCUT2D eigenvalue weighted by Crippen LogP contribution is -2.21. The lowest BCUT2D eigenvalue weighted by molar-refractivity contribution is -0.0497. The minimum absolute atomic E-state index is 0.210. The molecule has 0 saturated carbocycles. The van der Waals surface area contributed by atoms with E-state index in [9.17, 15) is 4.79 Å². The fraction of sp³-hybridized carbons (Fsp3) is 0.500. The number of carbonyl (C=O) groups excluding carboxylic acids is 1. The first-order chi connectivity index (χ1) is 8.74. The van der Waals surface area contributed by atoms with Gasteiger partial charge in [0.05, 0.1) is 0 Å². The van der Waals surface area contributed by atoms with Gasteiger partial charge in [0.2, 0.25) is 6.29 Å². The lowest BCUT2D eigenvalue weighted by atomic mass is 9.87. The summed E-state index contributed by atoms with van der Waals surface area (Å²) in [6.45, 7) is 8.27. The number of primary amides is 1. The number of aliphatic hydroxyl groups excluding tert-OH is 1. The Morgan fingerprint density at radius 2 is 2.11 bits per heavy atom. The molecular weight excluding hydrogens is 246 g/mol. The lowest BCUT2D eigenvalue weighted by Gasteiger charge is -2.16. The third-order valence-electron chi connectivity index (χ3n) is 2.59. The largest absolute Gasteiger partial charge is 0.457 e. The maximum Gasteiger partial charge on any atom is 0.406 e. The van der Waals surface area contributed by atoms with Crippen LogP contribution in [0, 0.1) is 0 Å². The highest BCUT2D eigenvalue weighted by atomic mass is 16.6. The topological polar surface area (TPSA) is 85.7 Å². The van der Waals surface area contributed by atoms with E-state index in [0.29, 0.717) is 6.42 Å². The van der Waals surface area contributed by atoms with E-state index in [2.05, 4.69) is 37.3 Å². The highest BCUT2D eigenvalue weighted by Gasteiger charge is 2.19. The standard InChI is InChI=1S/C10H12O.C4H9NO3/c1-10(2,3)8-6-7-4-5-9(8)11-7;1-2-3(6)8-4(5)7/h4-6H,1-3H3;3,6H,2H2,1H3,(H2,5,7). The van der Waals surface area contributed by atoms with Gasteiger partial charge in [-0.2, -0.15) is 0 Å². The molecule has 0 saturated heterocycles. The van der Waals surface area contributed by atoms with Crippen LogP contribution in [0.4, 0.5) is 4.79 Å². The van der Waals surface area contributed by atoms with Crippen LogP contribution >= 0.6 is 0 Å². The number of benzene rings is 1. The molecule has 1 amide bonds. The van der Waals surface area contributed by atoms with Gasteiger partial charge in [-0.25, -0.2) is 4.79 Å². The first-order valence-corrected chi connectivity index (χ1v) is 6.20. The van der Waals surface area contributed by atoms with Crippen LogP contribution in [0.1, 0.15) is 39.7 Å². The third kappa shape index (κ3) is 4.44. The second-order valence-corrected chi connectivity index (χ2v) is 5.31. The molecule has 2 heterocycles. The van der Waals surface area contributed by atoms with Crippen molar-refractivity contribution in [3.63, 3.8) is 0 Å². The molecular formula is C14H21NO4. The first kappa shape index (κ1) is 15.3. The summed E-state index contributed by atoms with van der Waals surface area (Å²) in [5, 5.41) is 8.51. The Bertz CT molecular complexity index is 512. The van der Waals surface area contributed by atoms with E-state index in [4.69, 9.17) is 9.52 Å². The zero-order valence-corrected chi connectivity index (χ0v) is 11.8. The maximum atomic E-state index is 9.81. The minimum Gasteiger partial charge on any atom is -0.457 e. The van der Waals surface area contributed by atoms with Crippen LogP contribution in [0.5, 0.6) is 0 Å². The SMILES string of the molecule is CC(C)(C)c1cc2ccc1o2.CCC(O)OC(N)=O. The molecule has 106 valence electrons. The molecule has 19 heavy (non-hydrogen) atoms. The van der Waals surface area contributed by atoms with E-state index in [1.54, 1.807) is 6.92 Å². The van der Waals surface area contributed by atoms with Crippen LogP contribution < -0.4 is 5.73 Å². The Hall–Kier alpha value is -1.75. The van der Waals surface area contributed by atoms with Gasteiger partial charge in [-0.05, 0) is 23.6 Å².